The van der Waals surface area contributed by atoms with Crippen LogP contribution >= 0.6 is 0 Å². The number of alkyl halides is 2. The first-order valence-electron chi connectivity index (χ1n) is 12.1. The summed E-state index contributed by atoms with van der Waals surface area (Å²) in [7, 11) is 0. The van der Waals surface area contributed by atoms with Gasteiger partial charge in [0.15, 0.2) is 0 Å². The topological polar surface area (TPSA) is 72.3 Å². The van der Waals surface area contributed by atoms with E-state index in [-0.39, 0.29) is 19.1 Å². The Morgan fingerprint density at radius 1 is 1.21 bits per heavy atom. The Kier molecular flexibility index (Phi) is 6.57. The number of hydrogen-bond acceptors (Lipinski definition) is 5. The van der Waals surface area contributed by atoms with Crippen LogP contribution in [-0.2, 0) is 9.53 Å². The number of carbonyl (C=O) groups is 1. The number of nitrogens with zero attached hydrogens (tertiary/aromatic N) is 4. The summed E-state index contributed by atoms with van der Waals surface area (Å²) >= 11 is 0. The Bertz CT molecular complexity index is 1030. The van der Waals surface area contributed by atoms with Crippen molar-refractivity contribution in [2.75, 3.05) is 31.6 Å². The number of carbonyl (C=O) groups excluding carboxylic acids is 1. The Balaban J connectivity index is 1.40. The average molecular weight is 460 g/mol. The van der Waals surface area contributed by atoms with Gasteiger partial charge in [-0.1, -0.05) is 25.3 Å². The van der Waals surface area contributed by atoms with Crippen LogP contribution in [-0.4, -0.2) is 58.2 Å². The summed E-state index contributed by atoms with van der Waals surface area (Å²) in [5.41, 5.74) is 3.26. The van der Waals surface area contributed by atoms with Gasteiger partial charge in [0.25, 0.3) is 0 Å². The van der Waals surface area contributed by atoms with Crippen LogP contribution in [0, 0.1) is 5.92 Å². The first-order valence-corrected chi connectivity index (χ1v) is 12.1. The Hall–Kier alpha value is -2.55. The Morgan fingerprint density at radius 3 is 2.73 bits per heavy atom. The third kappa shape index (κ3) is 5.03. The molecule has 2 saturated carbocycles. The summed E-state index contributed by atoms with van der Waals surface area (Å²) < 4.78 is 31.0. The van der Waals surface area contributed by atoms with E-state index in [2.05, 4.69) is 31.9 Å². The predicted molar refractivity (Wildman–Crippen MR) is 122 cm³/mol. The molecule has 1 amide bonds. The van der Waals surface area contributed by atoms with Gasteiger partial charge in [0.1, 0.15) is 5.65 Å². The van der Waals surface area contributed by atoms with Crippen LogP contribution in [0.2, 0.25) is 0 Å². The van der Waals surface area contributed by atoms with E-state index in [1.807, 2.05) is 11.1 Å². The number of anilines is 1. The molecule has 0 spiro atoms. The number of aromatic nitrogens is 3. The van der Waals surface area contributed by atoms with E-state index in [1.165, 1.54) is 24.8 Å². The largest absolute Gasteiger partial charge is 0.352 e. The van der Waals surface area contributed by atoms with Crippen LogP contribution in [0.15, 0.2) is 18.5 Å². The van der Waals surface area contributed by atoms with Crippen LogP contribution in [0.4, 0.5) is 14.7 Å². The summed E-state index contributed by atoms with van der Waals surface area (Å²) in [5, 5.41) is 4.00. The molecule has 33 heavy (non-hydrogen) atoms. The van der Waals surface area contributed by atoms with Gasteiger partial charge < -0.3 is 19.5 Å². The zero-order chi connectivity index (χ0) is 22.8. The molecule has 1 N–H and O–H groups in total. The predicted octanol–water partition coefficient (Wildman–Crippen LogP) is 4.61. The number of halogens is 2. The number of amides is 1. The van der Waals surface area contributed by atoms with Gasteiger partial charge in [0.05, 0.1) is 6.61 Å². The molecule has 3 aliphatic rings. The van der Waals surface area contributed by atoms with Gasteiger partial charge in [-0.05, 0) is 37.7 Å². The van der Waals surface area contributed by atoms with Crippen LogP contribution < -0.4 is 5.32 Å². The maximum atomic E-state index is 12.4. The van der Waals surface area contributed by atoms with Crippen LogP contribution in [0.25, 0.3) is 16.6 Å². The minimum absolute atomic E-state index is 0.114. The minimum atomic E-state index is -2.78. The molecule has 3 heterocycles. The monoisotopic (exact) mass is 459 g/mol. The van der Waals surface area contributed by atoms with Gasteiger partial charge in [0.2, 0.25) is 11.9 Å². The second-order valence-electron chi connectivity index (χ2n) is 9.27. The highest BCUT2D eigenvalue weighted by molar-refractivity contribution is 5.92. The fraction of sp³-hybridized carbons (Fsp3) is 0.625. The quantitative estimate of drug-likeness (QED) is 0.584. The van der Waals surface area contributed by atoms with E-state index in [4.69, 9.17) is 4.98 Å². The molecule has 7 nitrogen and oxygen atoms in total. The lowest BCUT2D eigenvalue weighted by Gasteiger charge is -2.26. The van der Waals surface area contributed by atoms with Gasteiger partial charge >= 0.3 is 6.61 Å². The summed E-state index contributed by atoms with van der Waals surface area (Å²) in [4.78, 5) is 23.6. The first-order chi connectivity index (χ1) is 16.1. The smallest absolute Gasteiger partial charge is 0.345 e. The second kappa shape index (κ2) is 9.75. The van der Waals surface area contributed by atoms with Gasteiger partial charge in [0, 0.05) is 54.9 Å². The highest BCUT2D eigenvalue weighted by Crippen LogP contribution is 2.37. The first kappa shape index (κ1) is 22.3. The average Bonchev–Trinajstić information content (AvgIpc) is 3.62. The number of rotatable bonds is 8. The lowest BCUT2D eigenvalue weighted by molar-refractivity contribution is -0.132. The molecular formula is C24H31F2N5O2. The molecule has 0 atom stereocenters. The van der Waals surface area contributed by atoms with Crippen molar-refractivity contribution in [3.63, 3.8) is 0 Å². The van der Waals surface area contributed by atoms with Gasteiger partial charge in [-0.25, -0.2) is 4.98 Å². The fourth-order valence-corrected chi connectivity index (χ4v) is 5.02. The van der Waals surface area contributed by atoms with Crippen LogP contribution in [0.3, 0.4) is 0 Å². The van der Waals surface area contributed by atoms with Gasteiger partial charge in [-0.2, -0.15) is 13.8 Å². The maximum absolute atomic E-state index is 12.4. The van der Waals surface area contributed by atoms with Crippen molar-refractivity contribution in [3.8, 4) is 0 Å². The molecule has 2 aliphatic carbocycles. The molecule has 0 unspecified atom stereocenters. The number of hydrogen-bond donors (Lipinski definition) is 1. The molecule has 178 valence electrons. The van der Waals surface area contributed by atoms with E-state index in [0.717, 1.165) is 55.2 Å². The molecule has 0 saturated heterocycles. The van der Waals surface area contributed by atoms with Gasteiger partial charge in [-0.15, -0.1) is 0 Å². The number of fused-ring (bicyclic) bond motifs is 1. The summed E-state index contributed by atoms with van der Waals surface area (Å²) in [6.07, 6.45) is 15.0. The molecule has 1 aliphatic heterocycles. The van der Waals surface area contributed by atoms with Gasteiger partial charge in [-0.3, -0.25) is 4.79 Å². The van der Waals surface area contributed by atoms with Crippen molar-refractivity contribution in [1.82, 2.24) is 19.4 Å². The Morgan fingerprint density at radius 2 is 2.03 bits per heavy atom. The standard InChI is InChI=1S/C24H31F2N5O2/c25-23(26)33-13-10-27-24-28-14-19-20(15-31(21(19)29-24)18-4-2-1-3-5-18)16-8-11-30(12-9-16)22(32)17-6-7-17/h8,14-15,17-18,23H,1-7,9-13H2,(H,27,28,29). The summed E-state index contributed by atoms with van der Waals surface area (Å²) in [6.45, 7) is -1.27. The van der Waals surface area contributed by atoms with E-state index in [1.54, 1.807) is 0 Å². The Labute approximate surface area is 192 Å². The van der Waals surface area contributed by atoms with Crippen molar-refractivity contribution in [2.24, 2.45) is 5.92 Å². The minimum Gasteiger partial charge on any atom is -0.352 e. The van der Waals surface area contributed by atoms with Crippen LogP contribution in [0.1, 0.15) is 63.0 Å². The van der Waals surface area contributed by atoms with Crippen LogP contribution in [0.5, 0.6) is 0 Å². The SMILES string of the molecule is O=C(C1CC1)N1CC=C(c2cn(C3CCCCC3)c3nc(NCCOC(F)F)ncc23)CC1. The van der Waals surface area contributed by atoms with E-state index < -0.39 is 6.61 Å². The van der Waals surface area contributed by atoms with Crippen molar-refractivity contribution in [3.05, 3.63) is 24.0 Å². The fourth-order valence-electron chi connectivity index (χ4n) is 5.02. The third-order valence-corrected chi connectivity index (χ3v) is 6.96. The van der Waals surface area contributed by atoms with Crippen molar-refractivity contribution in [2.45, 2.75) is 64.0 Å². The number of ether oxygens (including phenoxy) is 1. The highest BCUT2D eigenvalue weighted by atomic mass is 19.3. The molecule has 2 aromatic rings. The zero-order valence-corrected chi connectivity index (χ0v) is 18.8. The zero-order valence-electron chi connectivity index (χ0n) is 18.8. The molecular weight excluding hydrogens is 428 g/mol. The molecule has 0 radical (unpaired) electrons. The summed E-state index contributed by atoms with van der Waals surface area (Å²) in [6, 6.07) is 0.400. The lowest BCUT2D eigenvalue weighted by Crippen LogP contribution is -2.35. The van der Waals surface area contributed by atoms with Crippen molar-refractivity contribution in [1.29, 1.82) is 0 Å². The third-order valence-electron chi connectivity index (χ3n) is 6.96. The van der Waals surface area contributed by atoms with E-state index >= 15 is 0 Å². The maximum Gasteiger partial charge on any atom is 0.345 e. The normalized spacial score (nSPS) is 19.8. The molecule has 5 rings (SSSR count). The lowest BCUT2D eigenvalue weighted by atomic mass is 9.95. The van der Waals surface area contributed by atoms with E-state index in [9.17, 15) is 13.6 Å². The molecule has 9 heteroatoms. The van der Waals surface area contributed by atoms with Crippen molar-refractivity contribution >= 4 is 28.5 Å². The molecule has 0 bridgehead atoms. The number of nitrogens with one attached hydrogen (secondary N) is 1. The summed E-state index contributed by atoms with van der Waals surface area (Å²) in [5.74, 6) is 0.962. The molecule has 0 aromatic carbocycles. The second-order valence-corrected chi connectivity index (χ2v) is 9.27. The van der Waals surface area contributed by atoms with Crippen molar-refractivity contribution < 1.29 is 18.3 Å². The molecule has 2 fully saturated rings. The highest BCUT2D eigenvalue weighted by Gasteiger charge is 2.34. The van der Waals surface area contributed by atoms with E-state index in [0.29, 0.717) is 24.4 Å². The molecule has 2 aromatic heterocycles.